The maximum Gasteiger partial charge on any atom is 0.248 e. The van der Waals surface area contributed by atoms with E-state index in [1.165, 1.54) is 17.7 Å². The van der Waals surface area contributed by atoms with Gasteiger partial charge in [-0.1, -0.05) is 50.3 Å². The number of amides is 3. The van der Waals surface area contributed by atoms with Gasteiger partial charge in [0, 0.05) is 23.2 Å². The Balaban J connectivity index is 1.54. The molecule has 0 unspecified atom stereocenters. The van der Waals surface area contributed by atoms with Gasteiger partial charge in [-0.05, 0) is 37.5 Å². The van der Waals surface area contributed by atoms with Gasteiger partial charge in [-0.25, -0.2) is 0 Å². The van der Waals surface area contributed by atoms with Crippen molar-refractivity contribution in [3.63, 3.8) is 0 Å². The minimum atomic E-state index is -0.172. The largest absolute Gasteiger partial charge is 0.330 e. The molecule has 1 aliphatic carbocycles. The maximum atomic E-state index is 12.8. The summed E-state index contributed by atoms with van der Waals surface area (Å²) >= 11 is 6.02. The fourth-order valence-corrected chi connectivity index (χ4v) is 3.85. The monoisotopic (exact) mass is 419 g/mol. The first-order valence-corrected chi connectivity index (χ1v) is 11.0. The van der Waals surface area contributed by atoms with Crippen LogP contribution in [0.5, 0.6) is 0 Å². The van der Waals surface area contributed by atoms with Crippen LogP contribution in [0.1, 0.15) is 58.3 Å². The van der Waals surface area contributed by atoms with Gasteiger partial charge in [0.1, 0.15) is 19.8 Å². The molecular weight excluding hydrogens is 390 g/mol. The van der Waals surface area contributed by atoms with Crippen LogP contribution in [0.15, 0.2) is 24.3 Å². The van der Waals surface area contributed by atoms with Crippen molar-refractivity contribution in [2.45, 2.75) is 64.3 Å². The summed E-state index contributed by atoms with van der Waals surface area (Å²) in [5.74, 6) is -0.246. The highest BCUT2D eigenvalue weighted by Crippen LogP contribution is 2.28. The number of nitrogens with zero attached hydrogens (tertiary/aromatic N) is 3. The molecule has 7 heteroatoms. The SMILES string of the molecule is CCCCCCCC(=O)N(CC(=O)N1CC(=O)N(c2cccc(Cl)c2)C1)C1CC1. The Bertz CT molecular complexity index is 751. The normalized spacial score (nSPS) is 16.4. The van der Waals surface area contributed by atoms with Crippen LogP contribution in [0, 0.1) is 0 Å². The number of hydrogen-bond acceptors (Lipinski definition) is 3. The van der Waals surface area contributed by atoms with Crippen molar-refractivity contribution >= 4 is 35.0 Å². The molecule has 1 aliphatic heterocycles. The number of carbonyl (C=O) groups excluding carboxylic acids is 3. The highest BCUT2D eigenvalue weighted by molar-refractivity contribution is 6.31. The Morgan fingerprint density at radius 2 is 1.93 bits per heavy atom. The standard InChI is InChI=1S/C22H30ClN3O3/c1-2-3-4-5-6-10-20(27)25(18-11-12-18)15-21(28)24-14-22(29)26(16-24)19-9-7-8-17(23)13-19/h7-9,13,18H,2-6,10-12,14-16H2,1H3. The topological polar surface area (TPSA) is 60.9 Å². The van der Waals surface area contributed by atoms with E-state index < -0.39 is 0 Å². The fourth-order valence-electron chi connectivity index (χ4n) is 3.66. The molecule has 2 aliphatic rings. The van der Waals surface area contributed by atoms with E-state index in [0.717, 1.165) is 32.1 Å². The number of benzene rings is 1. The third-order valence-electron chi connectivity index (χ3n) is 5.52. The van der Waals surface area contributed by atoms with E-state index in [1.54, 1.807) is 34.1 Å². The second-order valence-corrected chi connectivity index (χ2v) is 8.39. The second-order valence-electron chi connectivity index (χ2n) is 7.95. The van der Waals surface area contributed by atoms with E-state index >= 15 is 0 Å². The first-order chi connectivity index (χ1) is 14.0. The zero-order chi connectivity index (χ0) is 20.8. The van der Waals surface area contributed by atoms with Crippen molar-refractivity contribution < 1.29 is 14.4 Å². The maximum absolute atomic E-state index is 12.8. The fraction of sp³-hybridized carbons (Fsp3) is 0.591. The van der Waals surface area contributed by atoms with Gasteiger partial charge in [0.2, 0.25) is 17.7 Å². The number of unbranched alkanes of at least 4 members (excludes halogenated alkanes) is 4. The number of rotatable bonds is 10. The van der Waals surface area contributed by atoms with Gasteiger partial charge in [0.25, 0.3) is 0 Å². The molecule has 6 nitrogen and oxygen atoms in total. The number of carbonyl (C=O) groups is 3. The smallest absolute Gasteiger partial charge is 0.248 e. The summed E-state index contributed by atoms with van der Waals surface area (Å²) in [6.45, 7) is 2.47. The minimum Gasteiger partial charge on any atom is -0.330 e. The summed E-state index contributed by atoms with van der Waals surface area (Å²) in [7, 11) is 0. The molecule has 0 bridgehead atoms. The van der Waals surface area contributed by atoms with Gasteiger partial charge < -0.3 is 9.80 Å². The molecular formula is C22H30ClN3O3. The first kappa shape index (κ1) is 21.6. The Morgan fingerprint density at radius 3 is 2.62 bits per heavy atom. The third kappa shape index (κ3) is 5.95. The van der Waals surface area contributed by atoms with Gasteiger partial charge in [0.05, 0.1) is 0 Å². The van der Waals surface area contributed by atoms with Crippen molar-refractivity contribution in [3.05, 3.63) is 29.3 Å². The van der Waals surface area contributed by atoms with Crippen LogP contribution in [0.25, 0.3) is 0 Å². The summed E-state index contributed by atoms with van der Waals surface area (Å²) in [6.07, 6.45) is 7.89. The van der Waals surface area contributed by atoms with E-state index in [1.807, 2.05) is 0 Å². The lowest BCUT2D eigenvalue weighted by atomic mass is 10.1. The summed E-state index contributed by atoms with van der Waals surface area (Å²) in [5, 5.41) is 0.546. The predicted molar refractivity (Wildman–Crippen MR) is 114 cm³/mol. The lowest BCUT2D eigenvalue weighted by Gasteiger charge is -2.25. The molecule has 0 aromatic heterocycles. The molecule has 0 spiro atoms. The molecule has 0 N–H and O–H groups in total. The summed E-state index contributed by atoms with van der Waals surface area (Å²) < 4.78 is 0. The van der Waals surface area contributed by atoms with E-state index in [9.17, 15) is 14.4 Å². The van der Waals surface area contributed by atoms with Crippen LogP contribution in [-0.4, -0.2) is 53.3 Å². The van der Waals surface area contributed by atoms with Gasteiger partial charge in [-0.3, -0.25) is 19.3 Å². The van der Waals surface area contributed by atoms with Crippen molar-refractivity contribution in [1.29, 1.82) is 0 Å². The molecule has 3 amide bonds. The Hall–Kier alpha value is -2.08. The Kier molecular flexibility index (Phi) is 7.53. The molecule has 1 aromatic carbocycles. The van der Waals surface area contributed by atoms with Gasteiger partial charge >= 0.3 is 0 Å². The lowest BCUT2D eigenvalue weighted by Crippen LogP contribution is -2.43. The predicted octanol–water partition coefficient (Wildman–Crippen LogP) is 3.82. The number of anilines is 1. The van der Waals surface area contributed by atoms with Gasteiger partial charge in [-0.15, -0.1) is 0 Å². The van der Waals surface area contributed by atoms with Crippen LogP contribution in [-0.2, 0) is 14.4 Å². The Morgan fingerprint density at radius 1 is 1.17 bits per heavy atom. The zero-order valence-electron chi connectivity index (χ0n) is 17.1. The summed E-state index contributed by atoms with van der Waals surface area (Å²) in [4.78, 5) is 42.7. The minimum absolute atomic E-state index is 0.0368. The molecule has 29 heavy (non-hydrogen) atoms. The van der Waals surface area contributed by atoms with E-state index in [4.69, 9.17) is 11.6 Å². The summed E-state index contributed by atoms with van der Waals surface area (Å²) in [5.41, 5.74) is 0.681. The van der Waals surface area contributed by atoms with Crippen molar-refractivity contribution in [2.75, 3.05) is 24.7 Å². The molecule has 1 saturated heterocycles. The second kappa shape index (κ2) is 10.1. The molecule has 0 radical (unpaired) electrons. The quantitative estimate of drug-likeness (QED) is 0.541. The first-order valence-electron chi connectivity index (χ1n) is 10.6. The molecule has 0 atom stereocenters. The van der Waals surface area contributed by atoms with Crippen LogP contribution in [0.4, 0.5) is 5.69 Å². The third-order valence-corrected chi connectivity index (χ3v) is 5.75. The van der Waals surface area contributed by atoms with E-state index in [0.29, 0.717) is 17.1 Å². The summed E-state index contributed by atoms with van der Waals surface area (Å²) in [6, 6.07) is 7.23. The van der Waals surface area contributed by atoms with Gasteiger partial charge in [-0.2, -0.15) is 0 Å². The molecule has 2 fully saturated rings. The molecule has 3 rings (SSSR count). The molecule has 1 aromatic rings. The lowest BCUT2D eigenvalue weighted by molar-refractivity contribution is -0.140. The van der Waals surface area contributed by atoms with Crippen molar-refractivity contribution in [2.24, 2.45) is 0 Å². The van der Waals surface area contributed by atoms with Crippen molar-refractivity contribution in [3.8, 4) is 0 Å². The average molecular weight is 420 g/mol. The number of halogens is 1. The molecule has 158 valence electrons. The zero-order valence-corrected chi connectivity index (χ0v) is 17.9. The van der Waals surface area contributed by atoms with Crippen LogP contribution < -0.4 is 4.90 Å². The molecule has 1 saturated carbocycles. The Labute approximate surface area is 177 Å². The van der Waals surface area contributed by atoms with E-state index in [2.05, 4.69) is 6.92 Å². The average Bonchev–Trinajstić information content (AvgIpc) is 3.46. The van der Waals surface area contributed by atoms with Crippen LogP contribution >= 0.6 is 11.6 Å². The van der Waals surface area contributed by atoms with E-state index in [-0.39, 0.29) is 43.5 Å². The highest BCUT2D eigenvalue weighted by atomic mass is 35.5. The van der Waals surface area contributed by atoms with Crippen molar-refractivity contribution in [1.82, 2.24) is 9.80 Å². The number of hydrogen-bond donors (Lipinski definition) is 0. The highest BCUT2D eigenvalue weighted by Gasteiger charge is 2.37. The van der Waals surface area contributed by atoms with Crippen LogP contribution in [0.2, 0.25) is 5.02 Å². The van der Waals surface area contributed by atoms with Gasteiger partial charge in [0.15, 0.2) is 0 Å². The van der Waals surface area contributed by atoms with Crippen LogP contribution in [0.3, 0.4) is 0 Å². The molecule has 1 heterocycles.